The highest BCUT2D eigenvalue weighted by atomic mass is 79.9. The van der Waals surface area contributed by atoms with Crippen LogP contribution in [0.2, 0.25) is 0 Å². The second-order valence-electron chi connectivity index (χ2n) is 4.71. The molecule has 0 bridgehead atoms. The van der Waals surface area contributed by atoms with Gasteiger partial charge in [0.1, 0.15) is 6.04 Å². The zero-order valence-corrected chi connectivity index (χ0v) is 12.7. The summed E-state index contributed by atoms with van der Waals surface area (Å²) >= 11 is 4.97. The summed E-state index contributed by atoms with van der Waals surface area (Å²) in [7, 11) is 0. The smallest absolute Gasteiger partial charge is 0.246 e. The van der Waals surface area contributed by atoms with E-state index in [9.17, 15) is 9.59 Å². The van der Waals surface area contributed by atoms with E-state index in [-0.39, 0.29) is 24.3 Å². The lowest BCUT2D eigenvalue weighted by Gasteiger charge is -2.34. The standard InChI is InChI=1S/C12H15BrN2O2S/c1-7(2)11-12(17)15(5-10(16)14-11)4-9-3-8(13)6-18-9/h3,6-7,11H,4-5H2,1-2H3,(H,14,16). The quantitative estimate of drug-likeness (QED) is 0.921. The van der Waals surface area contributed by atoms with E-state index < -0.39 is 6.04 Å². The largest absolute Gasteiger partial charge is 0.343 e. The van der Waals surface area contributed by atoms with Crippen LogP contribution in [-0.4, -0.2) is 29.3 Å². The molecule has 98 valence electrons. The molecule has 1 aromatic rings. The Morgan fingerprint density at radius 2 is 2.28 bits per heavy atom. The van der Waals surface area contributed by atoms with Gasteiger partial charge in [0.2, 0.25) is 11.8 Å². The van der Waals surface area contributed by atoms with Gasteiger partial charge in [0.25, 0.3) is 0 Å². The summed E-state index contributed by atoms with van der Waals surface area (Å²) < 4.78 is 1.01. The van der Waals surface area contributed by atoms with Crippen molar-refractivity contribution in [1.82, 2.24) is 10.2 Å². The minimum absolute atomic E-state index is 0.00845. The maximum absolute atomic E-state index is 12.2. The minimum atomic E-state index is -0.394. The van der Waals surface area contributed by atoms with Gasteiger partial charge in [-0.2, -0.15) is 0 Å². The lowest BCUT2D eigenvalue weighted by Crippen LogP contribution is -2.59. The number of nitrogens with zero attached hydrogens (tertiary/aromatic N) is 1. The number of nitrogens with one attached hydrogen (secondary N) is 1. The van der Waals surface area contributed by atoms with Crippen molar-refractivity contribution in [2.45, 2.75) is 26.4 Å². The Morgan fingerprint density at radius 1 is 1.56 bits per heavy atom. The Kier molecular flexibility index (Phi) is 4.07. The summed E-state index contributed by atoms with van der Waals surface area (Å²) in [6.45, 7) is 4.53. The number of rotatable bonds is 3. The third-order valence-electron chi connectivity index (χ3n) is 2.86. The third kappa shape index (κ3) is 2.92. The van der Waals surface area contributed by atoms with Gasteiger partial charge in [0, 0.05) is 14.7 Å². The van der Waals surface area contributed by atoms with Gasteiger partial charge in [0.15, 0.2) is 0 Å². The summed E-state index contributed by atoms with van der Waals surface area (Å²) in [6.07, 6.45) is 0. The van der Waals surface area contributed by atoms with Gasteiger partial charge in [-0.1, -0.05) is 13.8 Å². The summed E-state index contributed by atoms with van der Waals surface area (Å²) in [4.78, 5) is 26.5. The molecule has 2 rings (SSSR count). The molecule has 2 heterocycles. The molecule has 1 atom stereocenters. The minimum Gasteiger partial charge on any atom is -0.343 e. The van der Waals surface area contributed by atoms with E-state index in [2.05, 4.69) is 21.2 Å². The van der Waals surface area contributed by atoms with E-state index in [4.69, 9.17) is 0 Å². The molecule has 1 aliphatic heterocycles. The van der Waals surface area contributed by atoms with E-state index in [1.165, 1.54) is 0 Å². The van der Waals surface area contributed by atoms with Crippen LogP contribution in [0.1, 0.15) is 18.7 Å². The molecule has 18 heavy (non-hydrogen) atoms. The second-order valence-corrected chi connectivity index (χ2v) is 6.63. The first-order valence-corrected chi connectivity index (χ1v) is 7.45. The van der Waals surface area contributed by atoms with Crippen molar-refractivity contribution in [1.29, 1.82) is 0 Å². The number of carbonyl (C=O) groups is 2. The molecule has 1 unspecified atom stereocenters. The Morgan fingerprint density at radius 3 is 2.83 bits per heavy atom. The molecule has 0 saturated carbocycles. The van der Waals surface area contributed by atoms with Crippen LogP contribution in [-0.2, 0) is 16.1 Å². The fraction of sp³-hybridized carbons (Fsp3) is 0.500. The Bertz CT molecular complexity index is 472. The summed E-state index contributed by atoms with van der Waals surface area (Å²) in [5.74, 6) is 0.0392. The lowest BCUT2D eigenvalue weighted by molar-refractivity contribution is -0.146. The predicted octanol–water partition coefficient (Wildman–Crippen LogP) is 1.99. The highest BCUT2D eigenvalue weighted by Gasteiger charge is 2.34. The fourth-order valence-corrected chi connectivity index (χ4v) is 3.40. The second kappa shape index (κ2) is 5.40. The zero-order valence-electron chi connectivity index (χ0n) is 10.3. The molecule has 0 radical (unpaired) electrons. The highest BCUT2D eigenvalue weighted by molar-refractivity contribution is 9.10. The average molecular weight is 331 g/mol. The Balaban J connectivity index is 2.11. The molecule has 1 aliphatic rings. The highest BCUT2D eigenvalue weighted by Crippen LogP contribution is 2.22. The molecule has 4 nitrogen and oxygen atoms in total. The normalized spacial score (nSPS) is 20.4. The third-order valence-corrected chi connectivity index (χ3v) is 4.55. The van der Waals surface area contributed by atoms with Crippen molar-refractivity contribution >= 4 is 39.1 Å². The monoisotopic (exact) mass is 330 g/mol. The Hall–Kier alpha value is -0.880. The lowest BCUT2D eigenvalue weighted by atomic mass is 10.0. The van der Waals surface area contributed by atoms with Crippen molar-refractivity contribution in [2.75, 3.05) is 6.54 Å². The van der Waals surface area contributed by atoms with Crippen LogP contribution in [0.15, 0.2) is 15.9 Å². The molecule has 0 aromatic carbocycles. The molecule has 1 saturated heterocycles. The zero-order chi connectivity index (χ0) is 13.3. The number of hydrogen-bond donors (Lipinski definition) is 1. The summed E-state index contributed by atoms with van der Waals surface area (Å²) in [6, 6.07) is 1.59. The molecule has 6 heteroatoms. The predicted molar refractivity (Wildman–Crippen MR) is 74.2 cm³/mol. The molecule has 1 N–H and O–H groups in total. The summed E-state index contributed by atoms with van der Waals surface area (Å²) in [5.41, 5.74) is 0. The number of carbonyl (C=O) groups excluding carboxylic acids is 2. The first-order valence-electron chi connectivity index (χ1n) is 5.78. The number of hydrogen-bond acceptors (Lipinski definition) is 3. The molecule has 2 amide bonds. The molecule has 0 spiro atoms. The van der Waals surface area contributed by atoms with Crippen molar-refractivity contribution in [3.63, 3.8) is 0 Å². The van der Waals surface area contributed by atoms with Crippen LogP contribution in [0.3, 0.4) is 0 Å². The van der Waals surface area contributed by atoms with Gasteiger partial charge in [-0.3, -0.25) is 9.59 Å². The Labute approximate surface area is 118 Å². The summed E-state index contributed by atoms with van der Waals surface area (Å²) in [5, 5.41) is 4.73. The molecule has 1 fully saturated rings. The molecule has 0 aliphatic carbocycles. The van der Waals surface area contributed by atoms with Gasteiger partial charge in [-0.25, -0.2) is 0 Å². The number of thiophene rings is 1. The van der Waals surface area contributed by atoms with Gasteiger partial charge >= 0.3 is 0 Å². The van der Waals surface area contributed by atoms with Crippen LogP contribution < -0.4 is 5.32 Å². The first kappa shape index (κ1) is 13.5. The van der Waals surface area contributed by atoms with Crippen LogP contribution in [0.5, 0.6) is 0 Å². The maximum Gasteiger partial charge on any atom is 0.246 e. The number of halogens is 1. The van der Waals surface area contributed by atoms with Crippen LogP contribution in [0, 0.1) is 5.92 Å². The van der Waals surface area contributed by atoms with Gasteiger partial charge in [-0.05, 0) is 27.9 Å². The molecular weight excluding hydrogens is 316 g/mol. The van der Waals surface area contributed by atoms with Crippen LogP contribution >= 0.6 is 27.3 Å². The first-order chi connectivity index (χ1) is 8.47. The topological polar surface area (TPSA) is 49.4 Å². The van der Waals surface area contributed by atoms with E-state index in [0.29, 0.717) is 6.54 Å². The fourth-order valence-electron chi connectivity index (χ4n) is 1.94. The van der Waals surface area contributed by atoms with E-state index in [0.717, 1.165) is 9.35 Å². The van der Waals surface area contributed by atoms with Gasteiger partial charge in [0.05, 0.1) is 13.1 Å². The van der Waals surface area contributed by atoms with Crippen molar-refractivity contribution < 1.29 is 9.59 Å². The molecule has 1 aromatic heterocycles. The maximum atomic E-state index is 12.2. The average Bonchev–Trinajstić information content (AvgIpc) is 2.68. The van der Waals surface area contributed by atoms with Crippen molar-refractivity contribution in [2.24, 2.45) is 5.92 Å². The van der Waals surface area contributed by atoms with Gasteiger partial charge in [-0.15, -0.1) is 11.3 Å². The van der Waals surface area contributed by atoms with E-state index >= 15 is 0 Å². The van der Waals surface area contributed by atoms with Crippen LogP contribution in [0.4, 0.5) is 0 Å². The van der Waals surface area contributed by atoms with Crippen molar-refractivity contribution in [3.8, 4) is 0 Å². The number of amides is 2. The number of piperazine rings is 1. The van der Waals surface area contributed by atoms with Crippen molar-refractivity contribution in [3.05, 3.63) is 20.8 Å². The van der Waals surface area contributed by atoms with Gasteiger partial charge < -0.3 is 10.2 Å². The van der Waals surface area contributed by atoms with E-state index in [1.807, 2.05) is 25.3 Å². The molecular formula is C12H15BrN2O2S. The SMILES string of the molecule is CC(C)C1NC(=O)CN(Cc2cc(Br)cs2)C1=O. The van der Waals surface area contributed by atoms with E-state index in [1.54, 1.807) is 16.2 Å². The van der Waals surface area contributed by atoms with Crippen LogP contribution in [0.25, 0.3) is 0 Å².